The Kier molecular flexibility index (Phi) is 4.92. The highest BCUT2D eigenvalue weighted by Gasteiger charge is 2.10. The molecule has 0 heterocycles. The van der Waals surface area contributed by atoms with E-state index >= 15 is 0 Å². The number of nitrogens with two attached hydrogens (primary N) is 1. The predicted molar refractivity (Wildman–Crippen MR) is 84.6 cm³/mol. The molecule has 0 saturated carbocycles. The van der Waals surface area contributed by atoms with E-state index in [0.717, 1.165) is 22.4 Å². The molecule has 0 aliphatic heterocycles. The Bertz CT molecular complexity index is 611. The van der Waals surface area contributed by atoms with Gasteiger partial charge in [0.15, 0.2) is 0 Å². The smallest absolute Gasteiger partial charge is 0.124 e. The van der Waals surface area contributed by atoms with E-state index in [4.69, 9.17) is 33.7 Å². The van der Waals surface area contributed by atoms with Gasteiger partial charge in [-0.1, -0.05) is 40.9 Å². The van der Waals surface area contributed by atoms with E-state index in [1.165, 1.54) is 0 Å². The molecule has 0 saturated heterocycles. The van der Waals surface area contributed by atoms with Crippen molar-refractivity contribution in [2.75, 3.05) is 0 Å². The summed E-state index contributed by atoms with van der Waals surface area (Å²) in [5, 5.41) is 1.29. The van der Waals surface area contributed by atoms with E-state index in [9.17, 15) is 0 Å². The molecule has 0 spiro atoms. The van der Waals surface area contributed by atoms with Gasteiger partial charge in [-0.05, 0) is 38.1 Å². The molecule has 0 aliphatic rings. The summed E-state index contributed by atoms with van der Waals surface area (Å²) in [5.41, 5.74) is 8.98. The second-order valence-electron chi connectivity index (χ2n) is 4.85. The Labute approximate surface area is 129 Å². The Balaban J connectivity index is 2.20. The first-order valence-electron chi connectivity index (χ1n) is 6.40. The number of aryl methyl sites for hydroxylation is 1. The average molecular weight is 310 g/mol. The highest BCUT2D eigenvalue weighted by Crippen LogP contribution is 2.27. The number of hydrogen-bond donors (Lipinski definition) is 1. The Morgan fingerprint density at radius 2 is 1.90 bits per heavy atom. The summed E-state index contributed by atoms with van der Waals surface area (Å²) in [5.74, 6) is 0.779. The molecule has 0 amide bonds. The molecule has 2 aromatic rings. The van der Waals surface area contributed by atoms with Crippen molar-refractivity contribution >= 4 is 23.2 Å². The van der Waals surface area contributed by atoms with Gasteiger partial charge in [0.05, 0.1) is 0 Å². The molecule has 2 aromatic carbocycles. The number of benzene rings is 2. The second kappa shape index (κ2) is 6.49. The van der Waals surface area contributed by atoms with E-state index in [1.54, 1.807) is 12.1 Å². The average Bonchev–Trinajstić information content (AvgIpc) is 2.40. The Hall–Kier alpha value is -1.22. The van der Waals surface area contributed by atoms with E-state index in [2.05, 4.69) is 0 Å². The van der Waals surface area contributed by atoms with Crippen LogP contribution in [0.1, 0.15) is 29.7 Å². The van der Waals surface area contributed by atoms with Crippen LogP contribution in [0.2, 0.25) is 10.0 Å². The third-order valence-corrected chi connectivity index (χ3v) is 3.65. The molecule has 20 heavy (non-hydrogen) atoms. The first-order chi connectivity index (χ1) is 9.47. The number of rotatable bonds is 4. The molecule has 0 radical (unpaired) electrons. The zero-order chi connectivity index (χ0) is 14.7. The molecule has 2 rings (SSSR count). The van der Waals surface area contributed by atoms with Crippen molar-refractivity contribution in [1.29, 1.82) is 0 Å². The van der Waals surface area contributed by atoms with Crippen LogP contribution in [0.5, 0.6) is 5.75 Å². The maximum Gasteiger partial charge on any atom is 0.124 e. The minimum Gasteiger partial charge on any atom is -0.489 e. The topological polar surface area (TPSA) is 35.2 Å². The van der Waals surface area contributed by atoms with Crippen LogP contribution in [0.4, 0.5) is 0 Å². The fourth-order valence-corrected chi connectivity index (χ4v) is 2.33. The molecule has 0 aliphatic carbocycles. The summed E-state index contributed by atoms with van der Waals surface area (Å²) in [7, 11) is 0. The molecule has 0 aromatic heterocycles. The Morgan fingerprint density at radius 3 is 2.60 bits per heavy atom. The molecule has 0 bridgehead atoms. The van der Waals surface area contributed by atoms with E-state index in [1.807, 2.05) is 38.1 Å². The highest BCUT2D eigenvalue weighted by atomic mass is 35.5. The molecule has 2 nitrogen and oxygen atoms in total. The number of ether oxygens (including phenoxy) is 1. The normalized spacial score (nSPS) is 12.2. The summed E-state index contributed by atoms with van der Waals surface area (Å²) in [6.45, 7) is 4.33. The van der Waals surface area contributed by atoms with Gasteiger partial charge in [0.2, 0.25) is 0 Å². The van der Waals surface area contributed by atoms with Gasteiger partial charge < -0.3 is 10.5 Å². The predicted octanol–water partition coefficient (Wildman–Crippen LogP) is 4.90. The molecule has 0 fully saturated rings. The van der Waals surface area contributed by atoms with Gasteiger partial charge in [-0.15, -0.1) is 0 Å². The van der Waals surface area contributed by atoms with Crippen molar-refractivity contribution in [3.8, 4) is 5.75 Å². The zero-order valence-corrected chi connectivity index (χ0v) is 13.0. The van der Waals surface area contributed by atoms with Gasteiger partial charge >= 0.3 is 0 Å². The van der Waals surface area contributed by atoms with Gasteiger partial charge in [-0.2, -0.15) is 0 Å². The van der Waals surface area contributed by atoms with Gasteiger partial charge in [-0.25, -0.2) is 0 Å². The van der Waals surface area contributed by atoms with Crippen LogP contribution < -0.4 is 10.5 Å². The van der Waals surface area contributed by atoms with Crippen molar-refractivity contribution in [2.45, 2.75) is 26.5 Å². The monoisotopic (exact) mass is 309 g/mol. The largest absolute Gasteiger partial charge is 0.489 e. The van der Waals surface area contributed by atoms with E-state index in [-0.39, 0.29) is 6.04 Å². The van der Waals surface area contributed by atoms with Gasteiger partial charge in [0, 0.05) is 27.2 Å². The van der Waals surface area contributed by atoms with E-state index in [0.29, 0.717) is 16.7 Å². The first-order valence-corrected chi connectivity index (χ1v) is 7.16. The summed E-state index contributed by atoms with van der Waals surface area (Å²) in [6, 6.07) is 11.2. The van der Waals surface area contributed by atoms with Gasteiger partial charge in [0.1, 0.15) is 12.4 Å². The lowest BCUT2D eigenvalue weighted by molar-refractivity contribution is 0.301. The lowest BCUT2D eigenvalue weighted by Gasteiger charge is -2.15. The van der Waals surface area contributed by atoms with Crippen LogP contribution >= 0.6 is 23.2 Å². The third-order valence-electron chi connectivity index (χ3n) is 3.05. The van der Waals surface area contributed by atoms with Crippen molar-refractivity contribution < 1.29 is 4.74 Å². The van der Waals surface area contributed by atoms with E-state index < -0.39 is 0 Å². The van der Waals surface area contributed by atoms with Gasteiger partial charge in [-0.3, -0.25) is 0 Å². The maximum absolute atomic E-state index is 6.13. The van der Waals surface area contributed by atoms with Crippen LogP contribution in [-0.4, -0.2) is 0 Å². The van der Waals surface area contributed by atoms with Crippen LogP contribution in [0, 0.1) is 6.92 Å². The lowest BCUT2D eigenvalue weighted by atomic mass is 10.1. The van der Waals surface area contributed by atoms with Crippen LogP contribution in [0.25, 0.3) is 0 Å². The number of halogens is 2. The summed E-state index contributed by atoms with van der Waals surface area (Å²) < 4.78 is 5.85. The van der Waals surface area contributed by atoms with Crippen molar-refractivity contribution in [2.24, 2.45) is 5.73 Å². The van der Waals surface area contributed by atoms with Crippen molar-refractivity contribution in [1.82, 2.24) is 0 Å². The first kappa shape index (κ1) is 15.2. The molecule has 0 unspecified atom stereocenters. The van der Waals surface area contributed by atoms with Crippen molar-refractivity contribution in [3.05, 3.63) is 63.1 Å². The quantitative estimate of drug-likeness (QED) is 0.871. The molecule has 106 valence electrons. The lowest BCUT2D eigenvalue weighted by Crippen LogP contribution is -2.08. The van der Waals surface area contributed by atoms with Crippen molar-refractivity contribution in [3.63, 3.8) is 0 Å². The fourth-order valence-electron chi connectivity index (χ4n) is 1.96. The SMILES string of the molecule is Cc1ccc(OCc2cc(Cl)ccc2Cl)c([C@H](C)N)c1. The maximum atomic E-state index is 6.13. The Morgan fingerprint density at radius 1 is 1.15 bits per heavy atom. The summed E-state index contributed by atoms with van der Waals surface area (Å²) in [6.07, 6.45) is 0. The van der Waals surface area contributed by atoms with Crippen LogP contribution in [0.3, 0.4) is 0 Å². The molecular weight excluding hydrogens is 293 g/mol. The third kappa shape index (κ3) is 3.66. The minimum atomic E-state index is -0.0836. The summed E-state index contributed by atoms with van der Waals surface area (Å²) >= 11 is 12.1. The fraction of sp³-hybridized carbons (Fsp3) is 0.250. The zero-order valence-electron chi connectivity index (χ0n) is 11.5. The van der Waals surface area contributed by atoms with Crippen LogP contribution in [-0.2, 0) is 6.61 Å². The second-order valence-corrected chi connectivity index (χ2v) is 5.70. The van der Waals surface area contributed by atoms with Crippen LogP contribution in [0.15, 0.2) is 36.4 Å². The highest BCUT2D eigenvalue weighted by molar-refractivity contribution is 6.33. The molecular formula is C16H17Cl2NO. The molecule has 2 N–H and O–H groups in total. The standard InChI is InChI=1S/C16H17Cl2NO/c1-10-3-6-16(14(7-10)11(2)19)20-9-12-8-13(17)4-5-15(12)18/h3-8,11H,9,19H2,1-2H3/t11-/m0/s1. The molecule has 4 heteroatoms. The summed E-state index contributed by atoms with van der Waals surface area (Å²) in [4.78, 5) is 0. The number of hydrogen-bond acceptors (Lipinski definition) is 2. The van der Waals surface area contributed by atoms with Gasteiger partial charge in [0.25, 0.3) is 0 Å². The minimum absolute atomic E-state index is 0.0836. The molecule has 1 atom stereocenters.